The highest BCUT2D eigenvalue weighted by molar-refractivity contribution is 14.1. The van der Waals surface area contributed by atoms with Gasteiger partial charge in [0.25, 0.3) is 0 Å². The van der Waals surface area contributed by atoms with Crippen molar-refractivity contribution in [1.29, 1.82) is 0 Å². The summed E-state index contributed by atoms with van der Waals surface area (Å²) in [5.74, 6) is 0.846. The predicted octanol–water partition coefficient (Wildman–Crippen LogP) is 4.85. The van der Waals surface area contributed by atoms with Crippen LogP contribution in [-0.2, 0) is 21.2 Å². The summed E-state index contributed by atoms with van der Waals surface area (Å²) in [6.07, 6.45) is 4.78. The molecule has 3 heterocycles. The van der Waals surface area contributed by atoms with Gasteiger partial charge in [0.2, 0.25) is 16.0 Å². The zero-order valence-corrected chi connectivity index (χ0v) is 23.9. The second-order valence-corrected chi connectivity index (χ2v) is 13.8. The maximum absolute atomic E-state index is 12.4. The van der Waals surface area contributed by atoms with Gasteiger partial charge in [0.05, 0.1) is 18.8 Å². The van der Waals surface area contributed by atoms with Gasteiger partial charge in [-0.15, -0.1) is 0 Å². The number of nitrogens with zero attached hydrogens (tertiary/aromatic N) is 4. The molecule has 2 saturated heterocycles. The van der Waals surface area contributed by atoms with Crippen molar-refractivity contribution in [2.75, 3.05) is 50.0 Å². The Balaban J connectivity index is 1.29. The number of piperidine rings is 2. The standard InChI is InChI=1S/C24H38F3IN4O3S/c1-2-3-21-15-29-23(30-16-21)31-9-4-19(5-10-31)14-22(28)18-35-17-20-6-11-32(12-7-20)36(33,34)13-8-24(25,26)27/h15-16,19-20,22H,2-14,17-18H2,1H3/t22-/m1/s1. The molecule has 0 N–H and O–H groups in total. The summed E-state index contributed by atoms with van der Waals surface area (Å²) >= 11 is 2.45. The number of ether oxygens (including phenoxy) is 1. The van der Waals surface area contributed by atoms with E-state index in [-0.39, 0.29) is 19.0 Å². The highest BCUT2D eigenvalue weighted by Crippen LogP contribution is 2.28. The lowest BCUT2D eigenvalue weighted by Gasteiger charge is -2.33. The number of hydrogen-bond donors (Lipinski definition) is 0. The molecule has 0 saturated carbocycles. The molecule has 0 aliphatic carbocycles. The first kappa shape index (κ1) is 29.8. The lowest BCUT2D eigenvalue weighted by Crippen LogP contribution is -2.41. The van der Waals surface area contributed by atoms with E-state index in [2.05, 4.69) is 44.4 Å². The molecular weight excluding hydrogens is 608 g/mol. The molecule has 12 heteroatoms. The van der Waals surface area contributed by atoms with Gasteiger partial charge in [-0.25, -0.2) is 22.7 Å². The fraction of sp³-hybridized carbons (Fsp3) is 0.833. The lowest BCUT2D eigenvalue weighted by atomic mass is 9.92. The number of alkyl halides is 4. The number of hydrogen-bond acceptors (Lipinski definition) is 6. The van der Waals surface area contributed by atoms with E-state index in [4.69, 9.17) is 4.74 Å². The molecule has 36 heavy (non-hydrogen) atoms. The van der Waals surface area contributed by atoms with Crippen molar-refractivity contribution < 1.29 is 26.3 Å². The maximum atomic E-state index is 12.4. The quantitative estimate of drug-likeness (QED) is 0.239. The van der Waals surface area contributed by atoms with Gasteiger partial charge in [-0.05, 0) is 55.9 Å². The number of halogens is 4. The van der Waals surface area contributed by atoms with Crippen LogP contribution in [-0.4, -0.2) is 77.9 Å². The van der Waals surface area contributed by atoms with Crippen LogP contribution >= 0.6 is 22.6 Å². The molecule has 7 nitrogen and oxygen atoms in total. The van der Waals surface area contributed by atoms with Crippen molar-refractivity contribution in [2.45, 2.75) is 68.4 Å². The van der Waals surface area contributed by atoms with Crippen LogP contribution in [0.2, 0.25) is 0 Å². The van der Waals surface area contributed by atoms with Crippen molar-refractivity contribution in [3.63, 3.8) is 0 Å². The highest BCUT2D eigenvalue weighted by atomic mass is 127. The molecule has 1 atom stereocenters. The van der Waals surface area contributed by atoms with Crippen molar-refractivity contribution in [2.24, 2.45) is 11.8 Å². The van der Waals surface area contributed by atoms with Crippen LogP contribution in [0.5, 0.6) is 0 Å². The maximum Gasteiger partial charge on any atom is 0.390 e. The summed E-state index contributed by atoms with van der Waals surface area (Å²) in [4.78, 5) is 11.3. The minimum Gasteiger partial charge on any atom is -0.380 e. The third-order valence-corrected chi connectivity index (χ3v) is 9.72. The Morgan fingerprint density at radius 2 is 1.69 bits per heavy atom. The summed E-state index contributed by atoms with van der Waals surface area (Å²) < 4.78 is 69.0. The van der Waals surface area contributed by atoms with Gasteiger partial charge in [-0.3, -0.25) is 0 Å². The summed E-state index contributed by atoms with van der Waals surface area (Å²) in [6, 6.07) is 0. The minimum atomic E-state index is -4.46. The highest BCUT2D eigenvalue weighted by Gasteiger charge is 2.34. The van der Waals surface area contributed by atoms with E-state index in [1.165, 1.54) is 9.87 Å². The fourth-order valence-electron chi connectivity index (χ4n) is 4.82. The van der Waals surface area contributed by atoms with Crippen LogP contribution in [0, 0.1) is 11.8 Å². The molecular formula is C24H38F3IN4O3S. The molecule has 1 aromatic heterocycles. The number of sulfonamides is 1. The predicted molar refractivity (Wildman–Crippen MR) is 143 cm³/mol. The molecule has 206 valence electrons. The van der Waals surface area contributed by atoms with E-state index in [1.54, 1.807) is 0 Å². The molecule has 2 aliphatic heterocycles. The van der Waals surface area contributed by atoms with Crippen molar-refractivity contribution in [3.8, 4) is 0 Å². The SMILES string of the molecule is CCCc1cnc(N2CCC(C[C@@H](I)COCC3CCN(S(=O)(=O)CCC(F)(F)F)CC3)CC2)nc1. The van der Waals surface area contributed by atoms with E-state index in [0.717, 1.165) is 51.1 Å². The van der Waals surface area contributed by atoms with Gasteiger partial charge in [-0.2, -0.15) is 13.2 Å². The Morgan fingerprint density at radius 1 is 1.08 bits per heavy atom. The van der Waals surface area contributed by atoms with Gasteiger partial charge in [-0.1, -0.05) is 35.9 Å². The molecule has 0 amide bonds. The molecule has 0 unspecified atom stereocenters. The number of aryl methyl sites for hydroxylation is 1. The van der Waals surface area contributed by atoms with Crippen LogP contribution in [0.4, 0.5) is 19.1 Å². The Morgan fingerprint density at radius 3 is 2.28 bits per heavy atom. The van der Waals surface area contributed by atoms with E-state index in [1.807, 2.05) is 12.4 Å². The Kier molecular flexibility index (Phi) is 11.5. The first-order valence-corrected chi connectivity index (χ1v) is 15.7. The Labute approximate surface area is 226 Å². The minimum absolute atomic E-state index is 0.245. The van der Waals surface area contributed by atoms with Crippen LogP contribution < -0.4 is 4.90 Å². The van der Waals surface area contributed by atoms with Crippen molar-refractivity contribution in [3.05, 3.63) is 18.0 Å². The van der Waals surface area contributed by atoms with Crippen LogP contribution in [0.1, 0.15) is 57.4 Å². The van der Waals surface area contributed by atoms with Crippen LogP contribution in [0.15, 0.2) is 12.4 Å². The normalized spacial score (nSPS) is 20.1. The van der Waals surface area contributed by atoms with Gasteiger partial charge in [0.1, 0.15) is 0 Å². The molecule has 0 aromatic carbocycles. The zero-order chi connectivity index (χ0) is 26.2. The Bertz CT molecular complexity index is 889. The fourth-order valence-corrected chi connectivity index (χ4v) is 7.31. The second kappa shape index (κ2) is 13.9. The van der Waals surface area contributed by atoms with E-state index in [9.17, 15) is 21.6 Å². The summed E-state index contributed by atoms with van der Waals surface area (Å²) in [7, 11) is -3.86. The van der Waals surface area contributed by atoms with Crippen molar-refractivity contribution >= 4 is 38.6 Å². The van der Waals surface area contributed by atoms with E-state index < -0.39 is 28.4 Å². The molecule has 0 spiro atoms. The zero-order valence-electron chi connectivity index (χ0n) is 20.9. The summed E-state index contributed by atoms with van der Waals surface area (Å²) in [6.45, 7) is 5.85. The van der Waals surface area contributed by atoms with Gasteiger partial charge < -0.3 is 9.64 Å². The largest absolute Gasteiger partial charge is 0.390 e. The topological polar surface area (TPSA) is 75.6 Å². The van der Waals surface area contributed by atoms with Gasteiger partial charge >= 0.3 is 6.18 Å². The third-order valence-electron chi connectivity index (χ3n) is 6.98. The number of anilines is 1. The average Bonchev–Trinajstić information content (AvgIpc) is 2.84. The number of rotatable bonds is 12. The first-order valence-electron chi connectivity index (χ1n) is 12.9. The third kappa shape index (κ3) is 9.86. The lowest BCUT2D eigenvalue weighted by molar-refractivity contribution is -0.130. The van der Waals surface area contributed by atoms with Crippen LogP contribution in [0.25, 0.3) is 0 Å². The molecule has 2 aliphatic rings. The monoisotopic (exact) mass is 646 g/mol. The van der Waals surface area contributed by atoms with Crippen LogP contribution in [0.3, 0.4) is 0 Å². The first-order chi connectivity index (χ1) is 17.1. The average molecular weight is 647 g/mol. The number of aromatic nitrogens is 2. The van der Waals surface area contributed by atoms with Gasteiger partial charge in [0.15, 0.2) is 0 Å². The Hall–Kier alpha value is -0.730. The molecule has 3 rings (SSSR count). The molecule has 2 fully saturated rings. The smallest absolute Gasteiger partial charge is 0.380 e. The molecule has 1 aromatic rings. The molecule has 0 radical (unpaired) electrons. The van der Waals surface area contributed by atoms with E-state index >= 15 is 0 Å². The van der Waals surface area contributed by atoms with E-state index in [0.29, 0.717) is 35.9 Å². The summed E-state index contributed by atoms with van der Waals surface area (Å²) in [5, 5.41) is 0. The summed E-state index contributed by atoms with van der Waals surface area (Å²) in [5.41, 5.74) is 1.18. The van der Waals surface area contributed by atoms with Crippen molar-refractivity contribution in [1.82, 2.24) is 14.3 Å². The van der Waals surface area contributed by atoms with Gasteiger partial charge in [0, 0.05) is 49.1 Å². The molecule has 0 bridgehead atoms. The second-order valence-electron chi connectivity index (χ2n) is 9.97.